The van der Waals surface area contributed by atoms with Gasteiger partial charge in [0.05, 0.1) is 12.1 Å². The molecule has 4 heteroatoms. The first-order valence-corrected chi connectivity index (χ1v) is 10.00. The quantitative estimate of drug-likeness (QED) is 0.720. The largest absolute Gasteiger partial charge is 0.495 e. The van der Waals surface area contributed by atoms with Crippen LogP contribution in [0.15, 0.2) is 12.1 Å². The van der Waals surface area contributed by atoms with E-state index < -0.39 is 0 Å². The average Bonchev–Trinajstić information content (AvgIpc) is 2.50. The normalized spacial score (nSPS) is 35.2. The molecule has 1 aromatic rings. The van der Waals surface area contributed by atoms with E-state index in [9.17, 15) is 0 Å². The molecule has 4 fully saturated rings. The molecule has 0 spiro atoms. The van der Waals surface area contributed by atoms with Gasteiger partial charge in [-0.05, 0) is 80.8 Å². The lowest BCUT2D eigenvalue weighted by Gasteiger charge is -2.59. The summed E-state index contributed by atoms with van der Waals surface area (Å²) in [4.78, 5) is 0. The lowest BCUT2D eigenvalue weighted by Crippen LogP contribution is -2.54. The van der Waals surface area contributed by atoms with Gasteiger partial charge in [0.25, 0.3) is 0 Å². The highest BCUT2D eigenvalue weighted by atomic mass is 35.5. The first-order valence-electron chi connectivity index (χ1n) is 9.24. The van der Waals surface area contributed by atoms with E-state index in [1.165, 1.54) is 38.5 Å². The summed E-state index contributed by atoms with van der Waals surface area (Å²) < 4.78 is 5.48. The van der Waals surface area contributed by atoms with Gasteiger partial charge < -0.3 is 10.1 Å². The number of hydrogen-bond donors (Lipinski definition) is 1. The summed E-state index contributed by atoms with van der Waals surface area (Å²) in [5, 5.41) is 5.04. The molecule has 4 aliphatic rings. The summed E-state index contributed by atoms with van der Waals surface area (Å²) in [6, 6.07) is 4.23. The summed E-state index contributed by atoms with van der Waals surface area (Å²) in [5.74, 6) is 3.69. The standard InChI is InChI=1S/C20H27Cl2NO/c1-12(20-8-13-3-14(9-20)5-15(4-13)10-20)23-11-16-6-17(21)7-18(22)19(16)24-2/h6-7,12-15,23H,3-5,8-11H2,1-2H3/t12-,13?,14?,15?,20?/m1/s1. The van der Waals surface area contributed by atoms with Crippen molar-refractivity contribution in [3.63, 3.8) is 0 Å². The maximum Gasteiger partial charge on any atom is 0.142 e. The topological polar surface area (TPSA) is 21.3 Å². The molecule has 4 saturated carbocycles. The van der Waals surface area contributed by atoms with Gasteiger partial charge in [0.2, 0.25) is 0 Å². The second kappa shape index (κ2) is 6.37. The van der Waals surface area contributed by atoms with Crippen molar-refractivity contribution in [1.29, 1.82) is 0 Å². The number of methoxy groups -OCH3 is 1. The van der Waals surface area contributed by atoms with Gasteiger partial charge in [0.1, 0.15) is 5.75 Å². The molecule has 24 heavy (non-hydrogen) atoms. The van der Waals surface area contributed by atoms with E-state index in [4.69, 9.17) is 27.9 Å². The molecule has 0 radical (unpaired) electrons. The van der Waals surface area contributed by atoms with Crippen molar-refractivity contribution in [3.8, 4) is 5.75 Å². The number of nitrogens with one attached hydrogen (secondary N) is 1. The van der Waals surface area contributed by atoms with Gasteiger partial charge in [0, 0.05) is 23.2 Å². The monoisotopic (exact) mass is 367 g/mol. The highest BCUT2D eigenvalue weighted by molar-refractivity contribution is 6.35. The van der Waals surface area contributed by atoms with Crippen LogP contribution in [0.1, 0.15) is 51.0 Å². The second-order valence-electron chi connectivity index (χ2n) is 8.46. The Balaban J connectivity index is 1.49. The van der Waals surface area contributed by atoms with Crippen LogP contribution in [0.25, 0.3) is 0 Å². The van der Waals surface area contributed by atoms with E-state index in [0.717, 1.165) is 35.6 Å². The van der Waals surface area contributed by atoms with Gasteiger partial charge in [-0.15, -0.1) is 0 Å². The third-order valence-corrected chi connectivity index (χ3v) is 7.39. The summed E-state index contributed by atoms with van der Waals surface area (Å²) >= 11 is 12.5. The van der Waals surface area contributed by atoms with Crippen molar-refractivity contribution in [2.75, 3.05) is 7.11 Å². The lowest BCUT2D eigenvalue weighted by molar-refractivity contribution is -0.0706. The summed E-state index contributed by atoms with van der Waals surface area (Å²) in [6.45, 7) is 3.14. The Kier molecular flexibility index (Phi) is 4.51. The van der Waals surface area contributed by atoms with Crippen molar-refractivity contribution < 1.29 is 4.74 Å². The average molecular weight is 368 g/mol. The maximum atomic E-state index is 6.27. The van der Waals surface area contributed by atoms with E-state index in [2.05, 4.69) is 12.2 Å². The fourth-order valence-corrected chi connectivity index (χ4v) is 6.77. The number of rotatable bonds is 5. The van der Waals surface area contributed by atoms with Crippen LogP contribution < -0.4 is 10.1 Å². The Labute approximate surface area is 155 Å². The molecule has 0 saturated heterocycles. The van der Waals surface area contributed by atoms with Gasteiger partial charge in [0.15, 0.2) is 0 Å². The Morgan fingerprint density at radius 1 is 1.12 bits per heavy atom. The zero-order chi connectivity index (χ0) is 16.9. The Morgan fingerprint density at radius 2 is 1.71 bits per heavy atom. The molecule has 0 heterocycles. The van der Waals surface area contributed by atoms with Crippen molar-refractivity contribution in [3.05, 3.63) is 27.7 Å². The van der Waals surface area contributed by atoms with Crippen molar-refractivity contribution >= 4 is 23.2 Å². The minimum absolute atomic E-state index is 0.504. The smallest absolute Gasteiger partial charge is 0.142 e. The number of halogens is 2. The molecule has 4 aliphatic carbocycles. The molecular weight excluding hydrogens is 341 g/mol. The summed E-state index contributed by atoms with van der Waals surface area (Å²) in [6.07, 6.45) is 8.72. The predicted octanol–water partition coefficient (Wildman–Crippen LogP) is 5.70. The van der Waals surface area contributed by atoms with E-state index in [1.54, 1.807) is 13.2 Å². The molecular formula is C20H27Cl2NO. The van der Waals surface area contributed by atoms with E-state index in [1.807, 2.05) is 6.07 Å². The minimum Gasteiger partial charge on any atom is -0.495 e. The van der Waals surface area contributed by atoms with Gasteiger partial charge in [-0.1, -0.05) is 23.2 Å². The van der Waals surface area contributed by atoms with Gasteiger partial charge in [-0.3, -0.25) is 0 Å². The zero-order valence-electron chi connectivity index (χ0n) is 14.6. The number of hydrogen-bond acceptors (Lipinski definition) is 2. The van der Waals surface area contributed by atoms with Gasteiger partial charge in [-0.2, -0.15) is 0 Å². The fourth-order valence-electron chi connectivity index (χ4n) is 6.16. The SMILES string of the molecule is COc1c(Cl)cc(Cl)cc1CN[C@H](C)C12CC3CC(CC(C3)C1)C2. The first-order chi connectivity index (χ1) is 11.5. The van der Waals surface area contributed by atoms with Crippen LogP contribution in [0.5, 0.6) is 5.75 Å². The van der Waals surface area contributed by atoms with Crippen LogP contribution in [0, 0.1) is 23.2 Å². The minimum atomic E-state index is 0.504. The van der Waals surface area contributed by atoms with Crippen LogP contribution in [0.3, 0.4) is 0 Å². The van der Waals surface area contributed by atoms with Crippen LogP contribution in [0.2, 0.25) is 10.0 Å². The Bertz CT molecular complexity index is 595. The second-order valence-corrected chi connectivity index (χ2v) is 9.31. The maximum absolute atomic E-state index is 6.27. The summed E-state index contributed by atoms with van der Waals surface area (Å²) in [7, 11) is 1.67. The van der Waals surface area contributed by atoms with Gasteiger partial charge >= 0.3 is 0 Å². The molecule has 0 unspecified atom stereocenters. The highest BCUT2D eigenvalue weighted by Gasteiger charge is 2.52. The highest BCUT2D eigenvalue weighted by Crippen LogP contribution is 2.61. The molecule has 4 bridgehead atoms. The molecule has 1 atom stereocenters. The molecule has 0 amide bonds. The lowest BCUT2D eigenvalue weighted by atomic mass is 9.48. The predicted molar refractivity (Wildman–Crippen MR) is 99.9 cm³/mol. The number of ether oxygens (including phenoxy) is 1. The van der Waals surface area contributed by atoms with E-state index >= 15 is 0 Å². The van der Waals surface area contributed by atoms with Gasteiger partial charge in [-0.25, -0.2) is 0 Å². The first kappa shape index (κ1) is 17.0. The van der Waals surface area contributed by atoms with Crippen LogP contribution in [-0.2, 0) is 6.54 Å². The van der Waals surface area contributed by atoms with Crippen LogP contribution in [-0.4, -0.2) is 13.2 Å². The van der Waals surface area contributed by atoms with Crippen LogP contribution in [0.4, 0.5) is 0 Å². The molecule has 1 aromatic carbocycles. The van der Waals surface area contributed by atoms with Crippen molar-refractivity contribution in [1.82, 2.24) is 5.32 Å². The molecule has 5 rings (SSSR count). The third-order valence-electron chi connectivity index (χ3n) is 6.89. The van der Waals surface area contributed by atoms with E-state index in [0.29, 0.717) is 21.5 Å². The molecule has 0 aromatic heterocycles. The number of benzene rings is 1. The molecule has 0 aliphatic heterocycles. The fraction of sp³-hybridized carbons (Fsp3) is 0.700. The molecule has 2 nitrogen and oxygen atoms in total. The Morgan fingerprint density at radius 3 is 2.25 bits per heavy atom. The molecule has 1 N–H and O–H groups in total. The molecule has 132 valence electrons. The third kappa shape index (κ3) is 2.95. The van der Waals surface area contributed by atoms with Crippen molar-refractivity contribution in [2.45, 2.75) is 58.0 Å². The van der Waals surface area contributed by atoms with Crippen LogP contribution >= 0.6 is 23.2 Å². The van der Waals surface area contributed by atoms with Crippen molar-refractivity contribution in [2.24, 2.45) is 23.2 Å². The Hall–Kier alpha value is -0.440. The summed E-state index contributed by atoms with van der Waals surface area (Å²) in [5.41, 5.74) is 1.55. The van der Waals surface area contributed by atoms with E-state index in [-0.39, 0.29) is 0 Å². The zero-order valence-corrected chi connectivity index (χ0v) is 16.1.